The maximum atomic E-state index is 12.2. The summed E-state index contributed by atoms with van der Waals surface area (Å²) in [5, 5.41) is 2.97. The minimum absolute atomic E-state index is 0.0870. The summed E-state index contributed by atoms with van der Waals surface area (Å²) in [5.41, 5.74) is 7.39. The van der Waals surface area contributed by atoms with E-state index in [4.69, 9.17) is 5.73 Å². The van der Waals surface area contributed by atoms with Crippen molar-refractivity contribution in [3.63, 3.8) is 0 Å². The maximum absolute atomic E-state index is 12.2. The number of para-hydroxylation sites is 1. The van der Waals surface area contributed by atoms with E-state index in [1.54, 1.807) is 0 Å². The van der Waals surface area contributed by atoms with Crippen molar-refractivity contribution in [2.45, 2.75) is 52.0 Å². The number of rotatable bonds is 6. The number of hydrogen-bond acceptors (Lipinski definition) is 2. The molecule has 1 amide bonds. The van der Waals surface area contributed by atoms with Gasteiger partial charge in [-0.05, 0) is 30.9 Å². The first kappa shape index (κ1) is 14.7. The highest BCUT2D eigenvalue weighted by Crippen LogP contribution is 2.20. The molecule has 0 aromatic heterocycles. The summed E-state index contributed by atoms with van der Waals surface area (Å²) in [6.45, 7) is 6.02. The first-order chi connectivity index (χ1) is 8.57. The monoisotopic (exact) mass is 248 g/mol. The topological polar surface area (TPSA) is 55.1 Å². The van der Waals surface area contributed by atoms with Crippen molar-refractivity contribution in [1.82, 2.24) is 0 Å². The normalized spacial score (nSPS) is 11.3. The fourth-order valence-corrected chi connectivity index (χ4v) is 1.95. The first-order valence-corrected chi connectivity index (χ1v) is 6.75. The summed E-state index contributed by atoms with van der Waals surface area (Å²) in [6, 6.07) is 7.92. The number of aryl methyl sites for hydroxylation is 1. The van der Waals surface area contributed by atoms with Gasteiger partial charge in [-0.2, -0.15) is 0 Å². The molecule has 1 aromatic carbocycles. The van der Waals surface area contributed by atoms with Crippen molar-refractivity contribution < 1.29 is 4.79 Å². The van der Waals surface area contributed by atoms with Gasteiger partial charge in [0.1, 0.15) is 0 Å². The molecule has 0 atom stereocenters. The maximum Gasteiger partial charge on any atom is 0.244 e. The van der Waals surface area contributed by atoms with Crippen molar-refractivity contribution in [2.24, 2.45) is 5.73 Å². The average molecular weight is 248 g/mol. The molecule has 18 heavy (non-hydrogen) atoms. The predicted octanol–water partition coefficient (Wildman–Crippen LogP) is 3.10. The highest BCUT2D eigenvalue weighted by Gasteiger charge is 2.30. The Bertz CT molecular complexity index is 397. The third kappa shape index (κ3) is 3.33. The van der Waals surface area contributed by atoms with Crippen LogP contribution >= 0.6 is 0 Å². The molecule has 0 saturated heterocycles. The van der Waals surface area contributed by atoms with Gasteiger partial charge >= 0.3 is 0 Å². The van der Waals surface area contributed by atoms with Crippen molar-refractivity contribution in [3.05, 3.63) is 29.8 Å². The van der Waals surface area contributed by atoms with Gasteiger partial charge in [0.15, 0.2) is 0 Å². The molecule has 0 heterocycles. The largest absolute Gasteiger partial charge is 0.324 e. The molecule has 0 aliphatic carbocycles. The summed E-state index contributed by atoms with van der Waals surface area (Å²) >= 11 is 0. The standard InChI is InChI=1S/C15H24N2O/c1-4-9-12-10-7-8-11-13(12)17-14(18)15(16,5-2)6-3/h7-8,10-11H,4-6,9,16H2,1-3H3,(H,17,18). The molecular weight excluding hydrogens is 224 g/mol. The minimum Gasteiger partial charge on any atom is -0.324 e. The molecule has 0 unspecified atom stereocenters. The van der Waals surface area contributed by atoms with E-state index in [0.29, 0.717) is 12.8 Å². The number of nitrogens with two attached hydrogens (primary N) is 1. The van der Waals surface area contributed by atoms with E-state index in [1.807, 2.05) is 32.0 Å². The lowest BCUT2D eigenvalue weighted by Crippen LogP contribution is -2.50. The van der Waals surface area contributed by atoms with Crippen LogP contribution in [0.4, 0.5) is 5.69 Å². The van der Waals surface area contributed by atoms with Crippen LogP contribution in [0.1, 0.15) is 45.6 Å². The van der Waals surface area contributed by atoms with Crippen molar-refractivity contribution in [2.75, 3.05) is 5.32 Å². The van der Waals surface area contributed by atoms with Gasteiger partial charge in [0.05, 0.1) is 5.54 Å². The Morgan fingerprint density at radius 1 is 1.22 bits per heavy atom. The van der Waals surface area contributed by atoms with Crippen LogP contribution in [0.15, 0.2) is 24.3 Å². The Balaban J connectivity index is 2.87. The highest BCUT2D eigenvalue weighted by molar-refractivity contribution is 5.98. The number of benzene rings is 1. The smallest absolute Gasteiger partial charge is 0.244 e. The number of carbonyl (C=O) groups excluding carboxylic acids is 1. The van der Waals surface area contributed by atoms with Gasteiger partial charge in [0.25, 0.3) is 0 Å². The second-order valence-corrected chi connectivity index (χ2v) is 4.72. The third-order valence-electron chi connectivity index (χ3n) is 3.50. The van der Waals surface area contributed by atoms with E-state index in [1.165, 1.54) is 5.56 Å². The van der Waals surface area contributed by atoms with Gasteiger partial charge in [-0.15, -0.1) is 0 Å². The Morgan fingerprint density at radius 3 is 2.39 bits per heavy atom. The number of nitrogens with one attached hydrogen (secondary N) is 1. The molecule has 3 nitrogen and oxygen atoms in total. The molecule has 100 valence electrons. The van der Waals surface area contributed by atoms with Crippen molar-refractivity contribution >= 4 is 11.6 Å². The molecule has 0 spiro atoms. The molecule has 3 N–H and O–H groups in total. The molecule has 0 saturated carbocycles. The van der Waals surface area contributed by atoms with Crippen molar-refractivity contribution in [3.8, 4) is 0 Å². The van der Waals surface area contributed by atoms with E-state index < -0.39 is 5.54 Å². The lowest BCUT2D eigenvalue weighted by Gasteiger charge is -2.25. The summed E-state index contributed by atoms with van der Waals surface area (Å²) < 4.78 is 0. The van der Waals surface area contributed by atoms with Crippen LogP contribution in [0.3, 0.4) is 0 Å². The molecule has 1 rings (SSSR count). The molecule has 0 aliphatic heterocycles. The zero-order valence-corrected chi connectivity index (χ0v) is 11.6. The van der Waals surface area contributed by atoms with Crippen LogP contribution in [-0.4, -0.2) is 11.4 Å². The number of anilines is 1. The second-order valence-electron chi connectivity index (χ2n) is 4.72. The van der Waals surface area contributed by atoms with Gasteiger partial charge in [-0.25, -0.2) is 0 Å². The molecule has 0 fully saturated rings. The van der Waals surface area contributed by atoms with Gasteiger partial charge in [-0.3, -0.25) is 4.79 Å². The Hall–Kier alpha value is -1.35. The van der Waals surface area contributed by atoms with Crippen LogP contribution in [-0.2, 0) is 11.2 Å². The highest BCUT2D eigenvalue weighted by atomic mass is 16.2. The fraction of sp³-hybridized carbons (Fsp3) is 0.533. The lowest BCUT2D eigenvalue weighted by molar-refractivity contribution is -0.121. The van der Waals surface area contributed by atoms with E-state index >= 15 is 0 Å². The summed E-state index contributed by atoms with van der Waals surface area (Å²) in [6.07, 6.45) is 3.31. The Kier molecular flexibility index (Phi) is 5.35. The summed E-state index contributed by atoms with van der Waals surface area (Å²) in [7, 11) is 0. The lowest BCUT2D eigenvalue weighted by atomic mass is 9.93. The van der Waals surface area contributed by atoms with Crippen LogP contribution in [0.2, 0.25) is 0 Å². The van der Waals surface area contributed by atoms with Gasteiger partial charge in [0, 0.05) is 5.69 Å². The molecular formula is C15H24N2O. The number of hydrogen-bond donors (Lipinski definition) is 2. The molecule has 0 radical (unpaired) electrons. The quantitative estimate of drug-likeness (QED) is 0.812. The average Bonchev–Trinajstić information content (AvgIpc) is 2.40. The van der Waals surface area contributed by atoms with E-state index in [2.05, 4.69) is 18.3 Å². The SMILES string of the molecule is CCCc1ccccc1NC(=O)C(N)(CC)CC. The summed E-state index contributed by atoms with van der Waals surface area (Å²) in [4.78, 5) is 12.2. The molecule has 1 aromatic rings. The zero-order valence-electron chi connectivity index (χ0n) is 11.6. The van der Waals surface area contributed by atoms with E-state index in [9.17, 15) is 4.79 Å². The molecule has 0 aliphatic rings. The third-order valence-corrected chi connectivity index (χ3v) is 3.50. The van der Waals surface area contributed by atoms with Crippen molar-refractivity contribution in [1.29, 1.82) is 0 Å². The van der Waals surface area contributed by atoms with Crippen LogP contribution < -0.4 is 11.1 Å². The van der Waals surface area contributed by atoms with Crippen LogP contribution in [0.25, 0.3) is 0 Å². The van der Waals surface area contributed by atoms with E-state index in [0.717, 1.165) is 18.5 Å². The predicted molar refractivity (Wildman–Crippen MR) is 76.6 cm³/mol. The van der Waals surface area contributed by atoms with Crippen LogP contribution in [0, 0.1) is 0 Å². The van der Waals surface area contributed by atoms with Crippen LogP contribution in [0.5, 0.6) is 0 Å². The van der Waals surface area contributed by atoms with Gasteiger partial charge in [-0.1, -0.05) is 45.4 Å². The first-order valence-electron chi connectivity index (χ1n) is 6.75. The van der Waals surface area contributed by atoms with E-state index in [-0.39, 0.29) is 5.91 Å². The zero-order chi connectivity index (χ0) is 13.6. The summed E-state index contributed by atoms with van der Waals surface area (Å²) in [5.74, 6) is -0.0870. The number of carbonyl (C=O) groups is 1. The Labute approximate surface area is 110 Å². The minimum atomic E-state index is -0.765. The fourth-order valence-electron chi connectivity index (χ4n) is 1.95. The number of amides is 1. The Morgan fingerprint density at radius 2 is 1.83 bits per heavy atom. The molecule has 0 bridgehead atoms. The second kappa shape index (κ2) is 6.55. The molecule has 3 heteroatoms. The van der Waals surface area contributed by atoms with Gasteiger partial charge < -0.3 is 11.1 Å². The van der Waals surface area contributed by atoms with Gasteiger partial charge in [0.2, 0.25) is 5.91 Å².